The fraction of sp³-hybridized carbons (Fsp3) is 0.417. The highest BCUT2D eigenvalue weighted by molar-refractivity contribution is 6.35. The number of guanidine groups is 1. The molecule has 18 heavy (non-hydrogen) atoms. The molecule has 1 aromatic carbocycles. The Hall–Kier alpha value is -0.970. The van der Waals surface area contributed by atoms with Gasteiger partial charge in [0.05, 0.1) is 6.04 Å². The third-order valence-corrected chi connectivity index (χ3v) is 2.95. The molecule has 1 rings (SSSR count). The molecule has 0 amide bonds. The first-order chi connectivity index (χ1) is 8.54. The molecular weight excluding hydrogens is 273 g/mol. The van der Waals surface area contributed by atoms with Crippen LogP contribution >= 0.6 is 23.2 Å². The monoisotopic (exact) mass is 289 g/mol. The predicted molar refractivity (Wildman–Crippen MR) is 76.2 cm³/mol. The van der Waals surface area contributed by atoms with E-state index >= 15 is 0 Å². The lowest BCUT2D eigenvalue weighted by Gasteiger charge is -2.16. The molecule has 0 aliphatic heterocycles. The number of nitrogens with zero attached hydrogens (tertiary/aromatic N) is 1. The van der Waals surface area contributed by atoms with Gasteiger partial charge in [0.1, 0.15) is 0 Å². The second-order valence-electron chi connectivity index (χ2n) is 3.88. The number of nitrogens with two attached hydrogens (primary N) is 1. The molecule has 0 radical (unpaired) electrons. The van der Waals surface area contributed by atoms with Crippen molar-refractivity contribution in [1.29, 1.82) is 0 Å². The number of benzene rings is 1. The van der Waals surface area contributed by atoms with Crippen LogP contribution in [0, 0.1) is 0 Å². The van der Waals surface area contributed by atoms with Gasteiger partial charge in [0.25, 0.3) is 0 Å². The van der Waals surface area contributed by atoms with Crippen LogP contribution in [0.25, 0.3) is 0 Å². The molecule has 4 nitrogen and oxygen atoms in total. The summed E-state index contributed by atoms with van der Waals surface area (Å²) in [5.74, 6) is 0.335. The molecule has 1 unspecified atom stereocenters. The second-order valence-corrected chi connectivity index (χ2v) is 4.72. The van der Waals surface area contributed by atoms with E-state index in [-0.39, 0.29) is 12.6 Å². The van der Waals surface area contributed by atoms with Crippen LogP contribution in [0.5, 0.6) is 0 Å². The van der Waals surface area contributed by atoms with E-state index in [9.17, 15) is 0 Å². The van der Waals surface area contributed by atoms with Crippen LogP contribution in [0.4, 0.5) is 0 Å². The number of rotatable bonds is 5. The van der Waals surface area contributed by atoms with Gasteiger partial charge in [0.2, 0.25) is 0 Å². The van der Waals surface area contributed by atoms with Gasteiger partial charge < -0.3 is 16.2 Å². The Labute approximate surface area is 117 Å². The van der Waals surface area contributed by atoms with Gasteiger partial charge in [-0.05, 0) is 31.0 Å². The number of aliphatic imine (C=N–C) groups is 1. The molecule has 0 fully saturated rings. The first-order valence-electron chi connectivity index (χ1n) is 5.67. The lowest BCUT2D eigenvalue weighted by atomic mass is 10.1. The van der Waals surface area contributed by atoms with E-state index < -0.39 is 0 Å². The van der Waals surface area contributed by atoms with E-state index in [0.29, 0.717) is 29.0 Å². The third-order valence-electron chi connectivity index (χ3n) is 2.39. The molecule has 0 saturated carbocycles. The maximum atomic E-state index is 8.64. The maximum absolute atomic E-state index is 8.64. The standard InChI is InChI=1S/C12H17Cl2N3O/c1-8(17-12(15)16-5-2-6-18)10-4-3-9(13)7-11(10)14/h3-4,7-8,18H,2,5-6H2,1H3,(H3,15,16,17). The van der Waals surface area contributed by atoms with Crippen molar-refractivity contribution in [2.75, 3.05) is 13.2 Å². The van der Waals surface area contributed by atoms with Crippen LogP contribution in [-0.4, -0.2) is 24.2 Å². The van der Waals surface area contributed by atoms with Gasteiger partial charge in [-0.2, -0.15) is 0 Å². The van der Waals surface area contributed by atoms with E-state index in [1.807, 2.05) is 13.0 Å². The molecule has 0 bridgehead atoms. The number of aliphatic hydroxyl groups excluding tert-OH is 1. The van der Waals surface area contributed by atoms with Crippen LogP contribution in [-0.2, 0) is 0 Å². The topological polar surface area (TPSA) is 70.6 Å². The zero-order chi connectivity index (χ0) is 13.5. The molecular formula is C12H17Cl2N3O. The zero-order valence-corrected chi connectivity index (χ0v) is 11.7. The quantitative estimate of drug-likeness (QED) is 0.443. The molecule has 0 aliphatic carbocycles. The van der Waals surface area contributed by atoms with Gasteiger partial charge in [-0.25, -0.2) is 0 Å². The lowest BCUT2D eigenvalue weighted by molar-refractivity contribution is 0.291. The fourth-order valence-corrected chi connectivity index (χ4v) is 2.04. The number of halogens is 2. The minimum atomic E-state index is -0.0624. The Morgan fingerprint density at radius 1 is 1.50 bits per heavy atom. The Morgan fingerprint density at radius 2 is 2.22 bits per heavy atom. The number of hydrogen-bond donors (Lipinski definition) is 3. The van der Waals surface area contributed by atoms with Crippen LogP contribution < -0.4 is 11.1 Å². The molecule has 6 heteroatoms. The normalized spacial score (nSPS) is 13.4. The van der Waals surface area contributed by atoms with Gasteiger partial charge in [0, 0.05) is 23.2 Å². The summed E-state index contributed by atoms with van der Waals surface area (Å²) < 4.78 is 0. The minimum absolute atomic E-state index is 0.0624. The summed E-state index contributed by atoms with van der Waals surface area (Å²) in [4.78, 5) is 4.08. The van der Waals surface area contributed by atoms with Crippen molar-refractivity contribution in [2.45, 2.75) is 19.4 Å². The predicted octanol–water partition coefficient (Wildman–Crippen LogP) is 2.34. The summed E-state index contributed by atoms with van der Waals surface area (Å²) in [6.07, 6.45) is 0.596. The molecule has 100 valence electrons. The molecule has 0 spiro atoms. The molecule has 1 aromatic rings. The van der Waals surface area contributed by atoms with E-state index in [0.717, 1.165) is 5.56 Å². The first-order valence-corrected chi connectivity index (χ1v) is 6.42. The summed E-state index contributed by atoms with van der Waals surface area (Å²) in [7, 11) is 0. The van der Waals surface area contributed by atoms with Crippen molar-refractivity contribution >= 4 is 29.2 Å². The van der Waals surface area contributed by atoms with E-state index in [1.165, 1.54) is 0 Å². The Balaban J connectivity index is 2.64. The smallest absolute Gasteiger partial charge is 0.189 e. The summed E-state index contributed by atoms with van der Waals surface area (Å²) in [6.45, 7) is 2.54. The van der Waals surface area contributed by atoms with Crippen LogP contribution in [0.15, 0.2) is 23.2 Å². The van der Waals surface area contributed by atoms with Crippen molar-refractivity contribution in [1.82, 2.24) is 5.32 Å². The number of nitrogens with one attached hydrogen (secondary N) is 1. The molecule has 0 aliphatic rings. The van der Waals surface area contributed by atoms with Crippen LogP contribution in [0.1, 0.15) is 24.9 Å². The van der Waals surface area contributed by atoms with Crippen LogP contribution in [0.3, 0.4) is 0 Å². The molecule has 0 aromatic heterocycles. The van der Waals surface area contributed by atoms with Gasteiger partial charge in [-0.1, -0.05) is 29.3 Å². The third kappa shape index (κ3) is 4.72. The average molecular weight is 290 g/mol. The summed E-state index contributed by atoms with van der Waals surface area (Å²) >= 11 is 11.9. The second kappa shape index (κ2) is 7.46. The summed E-state index contributed by atoms with van der Waals surface area (Å²) in [5.41, 5.74) is 6.62. The van der Waals surface area contributed by atoms with Crippen molar-refractivity contribution < 1.29 is 5.11 Å². The van der Waals surface area contributed by atoms with Crippen molar-refractivity contribution in [2.24, 2.45) is 10.7 Å². The molecule has 0 saturated heterocycles. The van der Waals surface area contributed by atoms with Crippen molar-refractivity contribution in [3.05, 3.63) is 33.8 Å². The molecule has 0 heterocycles. The SMILES string of the molecule is CC(NC(N)=NCCCO)c1ccc(Cl)cc1Cl. The molecule has 1 atom stereocenters. The van der Waals surface area contributed by atoms with Gasteiger partial charge in [-0.15, -0.1) is 0 Å². The summed E-state index contributed by atoms with van der Waals surface area (Å²) in [5, 5.41) is 12.9. The Kier molecular flexibility index (Phi) is 6.25. The van der Waals surface area contributed by atoms with Gasteiger partial charge in [-0.3, -0.25) is 4.99 Å². The first kappa shape index (κ1) is 15.1. The van der Waals surface area contributed by atoms with E-state index in [1.54, 1.807) is 12.1 Å². The summed E-state index contributed by atoms with van der Waals surface area (Å²) in [6, 6.07) is 5.26. The zero-order valence-electron chi connectivity index (χ0n) is 10.2. The lowest BCUT2D eigenvalue weighted by Crippen LogP contribution is -2.34. The van der Waals surface area contributed by atoms with Crippen molar-refractivity contribution in [3.63, 3.8) is 0 Å². The maximum Gasteiger partial charge on any atom is 0.189 e. The molecule has 4 N–H and O–H groups in total. The highest BCUT2D eigenvalue weighted by Gasteiger charge is 2.10. The van der Waals surface area contributed by atoms with E-state index in [2.05, 4.69) is 10.3 Å². The van der Waals surface area contributed by atoms with Gasteiger partial charge >= 0.3 is 0 Å². The average Bonchev–Trinajstić information content (AvgIpc) is 2.28. The number of hydrogen-bond acceptors (Lipinski definition) is 2. The Morgan fingerprint density at radius 3 is 2.83 bits per heavy atom. The van der Waals surface area contributed by atoms with Crippen molar-refractivity contribution in [3.8, 4) is 0 Å². The highest BCUT2D eigenvalue weighted by Crippen LogP contribution is 2.25. The minimum Gasteiger partial charge on any atom is -0.396 e. The van der Waals surface area contributed by atoms with E-state index in [4.69, 9.17) is 34.0 Å². The van der Waals surface area contributed by atoms with Gasteiger partial charge in [0.15, 0.2) is 5.96 Å². The fourth-order valence-electron chi connectivity index (χ4n) is 1.47. The number of aliphatic hydroxyl groups is 1. The largest absolute Gasteiger partial charge is 0.396 e. The highest BCUT2D eigenvalue weighted by atomic mass is 35.5. The van der Waals surface area contributed by atoms with Crippen LogP contribution in [0.2, 0.25) is 10.0 Å². The Bertz CT molecular complexity index is 424.